The first kappa shape index (κ1) is 18.1. The molecule has 122 valence electrons. The zero-order chi connectivity index (χ0) is 17.4. The Bertz CT molecular complexity index is 671. The average Bonchev–Trinajstić information content (AvgIpc) is 2.62. The van der Waals surface area contributed by atoms with Gasteiger partial charge in [-0.25, -0.2) is 0 Å². The van der Waals surface area contributed by atoms with Gasteiger partial charge in [0, 0.05) is 21.9 Å². The number of hydrogen-bond donors (Lipinski definition) is 1. The van der Waals surface area contributed by atoms with Crippen molar-refractivity contribution in [3.05, 3.63) is 79.4 Å². The number of carbonyl (C=O) groups excluding carboxylic acids is 2. The SMILES string of the molecule is C=CC(=O)Cc1ccc(SSc2ccc(NC(=O)C=C)cc2)cc1. The van der Waals surface area contributed by atoms with Gasteiger partial charge in [0.1, 0.15) is 0 Å². The lowest BCUT2D eigenvalue weighted by Crippen LogP contribution is -2.06. The monoisotopic (exact) mass is 355 g/mol. The van der Waals surface area contributed by atoms with Crippen molar-refractivity contribution >= 4 is 39.0 Å². The number of ketones is 1. The number of hydrogen-bond acceptors (Lipinski definition) is 4. The summed E-state index contributed by atoms with van der Waals surface area (Å²) in [5.41, 5.74) is 1.72. The first-order valence-electron chi connectivity index (χ1n) is 7.23. The zero-order valence-corrected chi connectivity index (χ0v) is 14.7. The van der Waals surface area contributed by atoms with Crippen LogP contribution in [0.15, 0.2) is 83.6 Å². The first-order chi connectivity index (χ1) is 11.6. The number of anilines is 1. The van der Waals surface area contributed by atoms with E-state index >= 15 is 0 Å². The molecule has 0 aliphatic carbocycles. The molecule has 5 heteroatoms. The minimum atomic E-state index is -0.222. The topological polar surface area (TPSA) is 46.2 Å². The van der Waals surface area contributed by atoms with E-state index in [1.807, 2.05) is 48.5 Å². The summed E-state index contributed by atoms with van der Waals surface area (Å²) in [5, 5.41) is 2.71. The van der Waals surface area contributed by atoms with E-state index in [1.54, 1.807) is 21.6 Å². The second kappa shape index (κ2) is 9.15. The molecule has 2 rings (SSSR count). The maximum atomic E-state index is 11.3. The normalized spacial score (nSPS) is 10.0. The predicted octanol–water partition coefficient (Wildman–Crippen LogP) is 4.91. The third kappa shape index (κ3) is 5.76. The van der Waals surface area contributed by atoms with Crippen LogP contribution < -0.4 is 5.32 Å². The summed E-state index contributed by atoms with van der Waals surface area (Å²) in [6, 6.07) is 15.5. The van der Waals surface area contributed by atoms with Gasteiger partial charge in [-0.05, 0) is 54.1 Å². The maximum Gasteiger partial charge on any atom is 0.247 e. The Balaban J connectivity index is 1.88. The van der Waals surface area contributed by atoms with E-state index < -0.39 is 0 Å². The van der Waals surface area contributed by atoms with Crippen molar-refractivity contribution in [1.29, 1.82) is 0 Å². The van der Waals surface area contributed by atoms with Crippen LogP contribution in [-0.2, 0) is 16.0 Å². The molecule has 0 bridgehead atoms. The predicted molar refractivity (Wildman–Crippen MR) is 102 cm³/mol. The molecule has 0 aromatic heterocycles. The molecule has 0 aliphatic heterocycles. The molecule has 0 spiro atoms. The summed E-state index contributed by atoms with van der Waals surface area (Å²) in [7, 11) is 3.27. The second-order valence-electron chi connectivity index (χ2n) is 4.88. The van der Waals surface area contributed by atoms with E-state index in [0.29, 0.717) is 6.42 Å². The van der Waals surface area contributed by atoms with Crippen LogP contribution in [0.5, 0.6) is 0 Å². The number of allylic oxidation sites excluding steroid dienone is 1. The zero-order valence-electron chi connectivity index (χ0n) is 13.0. The van der Waals surface area contributed by atoms with Gasteiger partial charge in [-0.15, -0.1) is 0 Å². The van der Waals surface area contributed by atoms with Crippen molar-refractivity contribution in [2.45, 2.75) is 16.2 Å². The van der Waals surface area contributed by atoms with Crippen molar-refractivity contribution in [3.63, 3.8) is 0 Å². The molecule has 0 radical (unpaired) electrons. The molecule has 2 aromatic rings. The molecule has 2 aromatic carbocycles. The van der Waals surface area contributed by atoms with E-state index in [2.05, 4.69) is 18.5 Å². The number of carbonyl (C=O) groups is 2. The van der Waals surface area contributed by atoms with Crippen molar-refractivity contribution < 1.29 is 9.59 Å². The van der Waals surface area contributed by atoms with E-state index in [1.165, 1.54) is 12.2 Å². The Morgan fingerprint density at radius 2 is 1.42 bits per heavy atom. The second-order valence-corrected chi connectivity index (χ2v) is 7.15. The van der Waals surface area contributed by atoms with E-state index in [0.717, 1.165) is 21.0 Å². The molecule has 1 N–H and O–H groups in total. The van der Waals surface area contributed by atoms with Gasteiger partial charge in [0.05, 0.1) is 0 Å². The third-order valence-electron chi connectivity index (χ3n) is 3.07. The molecule has 0 atom stereocenters. The fraction of sp³-hybridized carbons (Fsp3) is 0.0526. The first-order valence-corrected chi connectivity index (χ1v) is 9.38. The largest absolute Gasteiger partial charge is 0.323 e. The number of nitrogens with one attached hydrogen (secondary N) is 1. The fourth-order valence-corrected chi connectivity index (χ4v) is 3.75. The lowest BCUT2D eigenvalue weighted by molar-refractivity contribution is -0.114. The Morgan fingerprint density at radius 1 is 0.875 bits per heavy atom. The van der Waals surface area contributed by atoms with Gasteiger partial charge in [0.25, 0.3) is 0 Å². The maximum absolute atomic E-state index is 11.3. The van der Waals surface area contributed by atoms with Gasteiger partial charge in [-0.2, -0.15) is 0 Å². The number of amides is 1. The lowest BCUT2D eigenvalue weighted by atomic mass is 10.1. The number of benzene rings is 2. The van der Waals surface area contributed by atoms with Crippen LogP contribution >= 0.6 is 21.6 Å². The van der Waals surface area contributed by atoms with E-state index in [4.69, 9.17) is 0 Å². The minimum Gasteiger partial charge on any atom is -0.323 e. The summed E-state index contributed by atoms with van der Waals surface area (Å²) >= 11 is 0. The van der Waals surface area contributed by atoms with E-state index in [9.17, 15) is 9.59 Å². The van der Waals surface area contributed by atoms with Crippen LogP contribution in [0, 0.1) is 0 Å². The highest BCUT2D eigenvalue weighted by atomic mass is 33.1. The third-order valence-corrected chi connectivity index (χ3v) is 5.49. The Labute approximate surface area is 149 Å². The summed E-state index contributed by atoms with van der Waals surface area (Å²) in [5.74, 6) is -0.201. The van der Waals surface area contributed by atoms with Crippen molar-refractivity contribution in [3.8, 4) is 0 Å². The molecule has 0 unspecified atom stereocenters. The van der Waals surface area contributed by atoms with Gasteiger partial charge < -0.3 is 5.32 Å². The molecule has 3 nitrogen and oxygen atoms in total. The highest BCUT2D eigenvalue weighted by molar-refractivity contribution is 8.76. The molecule has 0 saturated carbocycles. The molecule has 0 heterocycles. The van der Waals surface area contributed by atoms with Crippen LogP contribution in [0.25, 0.3) is 0 Å². The minimum absolute atomic E-state index is 0.0217. The summed E-state index contributed by atoms with van der Waals surface area (Å²) < 4.78 is 0. The number of rotatable bonds is 8. The Kier molecular flexibility index (Phi) is 6.90. The van der Waals surface area contributed by atoms with Gasteiger partial charge >= 0.3 is 0 Å². The fourth-order valence-electron chi connectivity index (χ4n) is 1.82. The van der Waals surface area contributed by atoms with E-state index in [-0.39, 0.29) is 11.7 Å². The van der Waals surface area contributed by atoms with Crippen LogP contribution in [-0.4, -0.2) is 11.7 Å². The average molecular weight is 355 g/mol. The highest BCUT2D eigenvalue weighted by Crippen LogP contribution is 2.37. The quantitative estimate of drug-likeness (QED) is 0.540. The molecular weight excluding hydrogens is 338 g/mol. The molecule has 24 heavy (non-hydrogen) atoms. The summed E-state index contributed by atoms with van der Waals surface area (Å²) in [6.45, 7) is 6.90. The van der Waals surface area contributed by atoms with Crippen molar-refractivity contribution in [2.75, 3.05) is 5.32 Å². The van der Waals surface area contributed by atoms with Gasteiger partial charge in [-0.3, -0.25) is 9.59 Å². The van der Waals surface area contributed by atoms with Crippen molar-refractivity contribution in [1.82, 2.24) is 0 Å². The Morgan fingerprint density at radius 3 is 1.92 bits per heavy atom. The standard InChI is InChI=1S/C19H17NO2S2/c1-3-16(21)13-14-5-9-17(10-6-14)23-24-18-11-7-15(8-12-18)20-19(22)4-2/h3-12H,1-2,13H2,(H,20,22). The van der Waals surface area contributed by atoms with Crippen LogP contribution in [0.3, 0.4) is 0 Å². The van der Waals surface area contributed by atoms with Crippen LogP contribution in [0.4, 0.5) is 5.69 Å². The molecule has 0 aliphatic rings. The lowest BCUT2D eigenvalue weighted by Gasteiger charge is -2.05. The molecule has 0 fully saturated rings. The van der Waals surface area contributed by atoms with Gasteiger partial charge in [0.2, 0.25) is 5.91 Å². The van der Waals surface area contributed by atoms with Crippen LogP contribution in [0.1, 0.15) is 5.56 Å². The van der Waals surface area contributed by atoms with Crippen molar-refractivity contribution in [2.24, 2.45) is 0 Å². The van der Waals surface area contributed by atoms with Crippen LogP contribution in [0.2, 0.25) is 0 Å². The molecule has 0 saturated heterocycles. The smallest absolute Gasteiger partial charge is 0.247 e. The highest BCUT2D eigenvalue weighted by Gasteiger charge is 2.02. The summed E-state index contributed by atoms with van der Waals surface area (Å²) in [4.78, 5) is 24.8. The Hall–Kier alpha value is -2.24. The molecule has 1 amide bonds. The van der Waals surface area contributed by atoms with Gasteiger partial charge in [-0.1, -0.05) is 46.9 Å². The van der Waals surface area contributed by atoms with Gasteiger partial charge in [0.15, 0.2) is 5.78 Å². The summed E-state index contributed by atoms with van der Waals surface area (Å²) in [6.07, 6.45) is 2.98. The molecular formula is C19H17NO2S2.